The standard InChI is InChI=1S/C12H15N3O2S/c1-10-9-15(7-6-14-10)18(16,17)12-4-2-11(8-13)3-5-12/h2-5,10,14H,6-7,9H2,1H3/t10-/m1/s1. The fraction of sp³-hybridized carbons (Fsp3) is 0.417. The molecule has 1 N–H and O–H groups in total. The van der Waals surface area contributed by atoms with Crippen LogP contribution in [0.1, 0.15) is 12.5 Å². The lowest BCUT2D eigenvalue weighted by Crippen LogP contribution is -2.51. The van der Waals surface area contributed by atoms with Gasteiger partial charge < -0.3 is 5.32 Å². The summed E-state index contributed by atoms with van der Waals surface area (Å²) in [4.78, 5) is 0.246. The first-order chi connectivity index (χ1) is 8.54. The van der Waals surface area contributed by atoms with E-state index in [0.717, 1.165) is 0 Å². The maximum atomic E-state index is 12.3. The normalized spacial score (nSPS) is 21.4. The Labute approximate surface area is 107 Å². The van der Waals surface area contributed by atoms with Crippen LogP contribution in [-0.2, 0) is 10.0 Å². The molecule has 0 bridgehead atoms. The summed E-state index contributed by atoms with van der Waals surface area (Å²) in [6.45, 7) is 3.58. The highest BCUT2D eigenvalue weighted by Gasteiger charge is 2.28. The third-order valence-corrected chi connectivity index (χ3v) is 4.83. The molecule has 5 nitrogen and oxygen atoms in total. The summed E-state index contributed by atoms with van der Waals surface area (Å²) >= 11 is 0. The molecule has 0 unspecified atom stereocenters. The second-order valence-electron chi connectivity index (χ2n) is 4.35. The predicted molar refractivity (Wildman–Crippen MR) is 67.4 cm³/mol. The van der Waals surface area contributed by atoms with Gasteiger partial charge in [0.2, 0.25) is 10.0 Å². The van der Waals surface area contributed by atoms with Gasteiger partial charge in [0.25, 0.3) is 0 Å². The zero-order valence-corrected chi connectivity index (χ0v) is 10.9. The van der Waals surface area contributed by atoms with E-state index in [1.54, 1.807) is 0 Å². The van der Waals surface area contributed by atoms with E-state index in [2.05, 4.69) is 5.32 Å². The van der Waals surface area contributed by atoms with Crippen molar-refractivity contribution in [2.75, 3.05) is 19.6 Å². The minimum atomic E-state index is -3.44. The molecule has 2 rings (SSSR count). The predicted octanol–water partition coefficient (Wildman–Crippen LogP) is 0.541. The van der Waals surface area contributed by atoms with Crippen molar-refractivity contribution in [2.45, 2.75) is 17.9 Å². The third kappa shape index (κ3) is 2.53. The van der Waals surface area contributed by atoms with Gasteiger partial charge in [0.1, 0.15) is 0 Å². The first kappa shape index (κ1) is 13.0. The molecule has 6 heteroatoms. The number of nitrogens with one attached hydrogen (secondary N) is 1. The van der Waals surface area contributed by atoms with Gasteiger partial charge in [-0.25, -0.2) is 8.42 Å². The van der Waals surface area contributed by atoms with Gasteiger partial charge in [-0.05, 0) is 31.2 Å². The molecule has 0 radical (unpaired) electrons. The van der Waals surface area contributed by atoms with Crippen molar-refractivity contribution in [3.63, 3.8) is 0 Å². The van der Waals surface area contributed by atoms with Crippen molar-refractivity contribution in [3.8, 4) is 6.07 Å². The molecule has 1 atom stereocenters. The number of benzene rings is 1. The molecule has 0 spiro atoms. The van der Waals surface area contributed by atoms with E-state index in [-0.39, 0.29) is 10.9 Å². The quantitative estimate of drug-likeness (QED) is 0.847. The SMILES string of the molecule is C[C@@H]1CN(S(=O)(=O)c2ccc(C#N)cc2)CCN1. The molecule has 96 valence electrons. The highest BCUT2D eigenvalue weighted by atomic mass is 32.2. The molecule has 1 heterocycles. The Kier molecular flexibility index (Phi) is 3.66. The smallest absolute Gasteiger partial charge is 0.243 e. The van der Waals surface area contributed by atoms with E-state index < -0.39 is 10.0 Å². The van der Waals surface area contributed by atoms with Gasteiger partial charge in [-0.2, -0.15) is 9.57 Å². The topological polar surface area (TPSA) is 73.2 Å². The molecular formula is C12H15N3O2S. The van der Waals surface area contributed by atoms with Crippen LogP contribution in [0.3, 0.4) is 0 Å². The molecule has 1 saturated heterocycles. The highest BCUT2D eigenvalue weighted by Crippen LogP contribution is 2.17. The van der Waals surface area contributed by atoms with E-state index in [9.17, 15) is 8.42 Å². The van der Waals surface area contributed by atoms with Gasteiger partial charge in [-0.3, -0.25) is 0 Å². The summed E-state index contributed by atoms with van der Waals surface area (Å²) in [6, 6.07) is 8.16. The van der Waals surface area contributed by atoms with Crippen molar-refractivity contribution in [1.29, 1.82) is 5.26 Å². The maximum absolute atomic E-state index is 12.3. The van der Waals surface area contributed by atoms with Crippen LogP contribution in [0.15, 0.2) is 29.2 Å². The lowest BCUT2D eigenvalue weighted by atomic mass is 10.2. The lowest BCUT2D eigenvalue weighted by Gasteiger charge is -2.30. The maximum Gasteiger partial charge on any atom is 0.243 e. The van der Waals surface area contributed by atoms with Crippen molar-refractivity contribution in [3.05, 3.63) is 29.8 Å². The van der Waals surface area contributed by atoms with Crippen molar-refractivity contribution >= 4 is 10.0 Å². The van der Waals surface area contributed by atoms with E-state index >= 15 is 0 Å². The van der Waals surface area contributed by atoms with Crippen LogP contribution >= 0.6 is 0 Å². The summed E-state index contributed by atoms with van der Waals surface area (Å²) in [5.41, 5.74) is 0.461. The number of hydrogen-bond acceptors (Lipinski definition) is 4. The number of nitrogens with zero attached hydrogens (tertiary/aromatic N) is 2. The van der Waals surface area contributed by atoms with E-state index in [1.807, 2.05) is 13.0 Å². The number of hydrogen-bond donors (Lipinski definition) is 1. The van der Waals surface area contributed by atoms with Crippen LogP contribution in [0.5, 0.6) is 0 Å². The van der Waals surface area contributed by atoms with E-state index in [4.69, 9.17) is 5.26 Å². The van der Waals surface area contributed by atoms with E-state index in [1.165, 1.54) is 28.6 Å². The molecule has 1 aromatic rings. The minimum absolute atomic E-state index is 0.159. The van der Waals surface area contributed by atoms with Crippen molar-refractivity contribution < 1.29 is 8.42 Å². The van der Waals surface area contributed by atoms with Crippen LogP contribution in [0.4, 0.5) is 0 Å². The van der Waals surface area contributed by atoms with Gasteiger partial charge in [0.05, 0.1) is 16.5 Å². The van der Waals surface area contributed by atoms with Crippen LogP contribution in [0.25, 0.3) is 0 Å². The molecule has 0 saturated carbocycles. The fourth-order valence-corrected chi connectivity index (χ4v) is 3.50. The summed E-state index contributed by atoms with van der Waals surface area (Å²) in [5.74, 6) is 0. The summed E-state index contributed by atoms with van der Waals surface area (Å²) < 4.78 is 26.2. The van der Waals surface area contributed by atoms with Crippen molar-refractivity contribution in [1.82, 2.24) is 9.62 Å². The molecule has 0 amide bonds. The van der Waals surface area contributed by atoms with Gasteiger partial charge in [-0.15, -0.1) is 0 Å². The van der Waals surface area contributed by atoms with Gasteiger partial charge >= 0.3 is 0 Å². The number of nitriles is 1. The fourth-order valence-electron chi connectivity index (χ4n) is 1.97. The van der Waals surface area contributed by atoms with Crippen LogP contribution in [-0.4, -0.2) is 38.4 Å². The van der Waals surface area contributed by atoms with Crippen molar-refractivity contribution in [2.24, 2.45) is 0 Å². The molecule has 1 aliphatic heterocycles. The zero-order valence-electron chi connectivity index (χ0n) is 10.1. The molecule has 18 heavy (non-hydrogen) atoms. The van der Waals surface area contributed by atoms with Crippen LogP contribution in [0.2, 0.25) is 0 Å². The molecule has 1 aliphatic rings. The summed E-state index contributed by atoms with van der Waals surface area (Å²) in [5, 5.41) is 11.9. The summed E-state index contributed by atoms with van der Waals surface area (Å²) in [7, 11) is -3.44. The van der Waals surface area contributed by atoms with Gasteiger partial charge in [-0.1, -0.05) is 0 Å². The Morgan fingerprint density at radius 3 is 2.61 bits per heavy atom. The third-order valence-electron chi connectivity index (χ3n) is 2.95. The lowest BCUT2D eigenvalue weighted by molar-refractivity contribution is 0.310. The Balaban J connectivity index is 2.27. The largest absolute Gasteiger partial charge is 0.312 e. The average molecular weight is 265 g/mol. The number of piperazine rings is 1. The van der Waals surface area contributed by atoms with Gasteiger partial charge in [0, 0.05) is 25.7 Å². The molecular weight excluding hydrogens is 250 g/mol. The number of sulfonamides is 1. The first-order valence-electron chi connectivity index (χ1n) is 5.78. The Hall–Kier alpha value is -1.42. The number of rotatable bonds is 2. The first-order valence-corrected chi connectivity index (χ1v) is 7.22. The van der Waals surface area contributed by atoms with Gasteiger partial charge in [0.15, 0.2) is 0 Å². The molecule has 0 aromatic heterocycles. The van der Waals surface area contributed by atoms with Crippen LogP contribution < -0.4 is 5.32 Å². The molecule has 1 fully saturated rings. The van der Waals surface area contributed by atoms with E-state index in [0.29, 0.717) is 25.2 Å². The van der Waals surface area contributed by atoms with Crippen LogP contribution in [0, 0.1) is 11.3 Å². The second kappa shape index (κ2) is 5.06. The Bertz CT molecular complexity index is 560. The second-order valence-corrected chi connectivity index (χ2v) is 6.29. The molecule has 1 aromatic carbocycles. The Morgan fingerprint density at radius 2 is 2.06 bits per heavy atom. The average Bonchev–Trinajstić information content (AvgIpc) is 2.39. The molecule has 0 aliphatic carbocycles. The highest BCUT2D eigenvalue weighted by molar-refractivity contribution is 7.89. The monoisotopic (exact) mass is 265 g/mol. The summed E-state index contributed by atoms with van der Waals surface area (Å²) in [6.07, 6.45) is 0. The zero-order chi connectivity index (χ0) is 13.2. The minimum Gasteiger partial charge on any atom is -0.312 e. The Morgan fingerprint density at radius 1 is 1.39 bits per heavy atom.